The van der Waals surface area contributed by atoms with Crippen molar-refractivity contribution in [1.29, 1.82) is 0 Å². The molecule has 1 aliphatic rings. The van der Waals surface area contributed by atoms with Crippen LogP contribution in [0.15, 0.2) is 36.4 Å². The van der Waals surface area contributed by atoms with Gasteiger partial charge in [0.25, 0.3) is 0 Å². The van der Waals surface area contributed by atoms with Crippen LogP contribution in [0.4, 0.5) is 5.69 Å². The summed E-state index contributed by atoms with van der Waals surface area (Å²) in [4.78, 5) is 23.1. The average molecular weight is 328 g/mol. The number of benzene rings is 2. The van der Waals surface area contributed by atoms with Crippen molar-refractivity contribution < 1.29 is 28.9 Å². The number of fused-ring (bicyclic) bond motifs is 1. The lowest BCUT2D eigenvalue weighted by atomic mass is 10.1. The van der Waals surface area contributed by atoms with Crippen LogP contribution in [0.25, 0.3) is 0 Å². The van der Waals surface area contributed by atoms with E-state index in [1.807, 2.05) is 0 Å². The molecule has 3 rings (SSSR count). The fraction of sp³-hybridized carbons (Fsp3) is 0.176. The van der Waals surface area contributed by atoms with E-state index in [1.54, 1.807) is 24.3 Å². The van der Waals surface area contributed by atoms with Gasteiger partial charge in [-0.15, -0.1) is 0 Å². The topological polar surface area (TPSA) is 96.9 Å². The number of carboxylic acids is 1. The fourth-order valence-electron chi connectivity index (χ4n) is 2.60. The van der Waals surface area contributed by atoms with E-state index in [0.717, 1.165) is 0 Å². The number of carbonyl (C=O) groups excluding carboxylic acids is 2. The molecule has 0 saturated heterocycles. The maximum Gasteiger partial charge on any atom is 0.344 e. The lowest BCUT2D eigenvalue weighted by molar-refractivity contribution is -0.255. The van der Waals surface area contributed by atoms with Crippen LogP contribution in [-0.4, -0.2) is 26.2 Å². The highest BCUT2D eigenvalue weighted by atomic mass is 16.6. The number of hydrogen-bond donors (Lipinski definition) is 1. The highest BCUT2D eigenvalue weighted by molar-refractivity contribution is 5.98. The molecule has 2 aromatic carbocycles. The Morgan fingerprint density at radius 3 is 2.67 bits per heavy atom. The summed E-state index contributed by atoms with van der Waals surface area (Å²) in [6.45, 7) is 0. The van der Waals surface area contributed by atoms with E-state index in [1.165, 1.54) is 26.4 Å². The number of anilines is 1. The molecule has 0 amide bonds. The SMILES string of the molecule is COc1ccc2c(c1OC)C(=O)O[C@@H]2Nc1cccc(C(=O)[O-])c1. The van der Waals surface area contributed by atoms with Crippen LogP contribution in [0.3, 0.4) is 0 Å². The largest absolute Gasteiger partial charge is 0.545 e. The van der Waals surface area contributed by atoms with Crippen LogP contribution in [-0.2, 0) is 4.74 Å². The zero-order chi connectivity index (χ0) is 17.3. The molecule has 1 atom stereocenters. The van der Waals surface area contributed by atoms with Crippen LogP contribution in [0.5, 0.6) is 11.5 Å². The van der Waals surface area contributed by atoms with Gasteiger partial charge >= 0.3 is 5.97 Å². The van der Waals surface area contributed by atoms with Crippen LogP contribution < -0.4 is 19.9 Å². The second kappa shape index (κ2) is 6.11. The van der Waals surface area contributed by atoms with Gasteiger partial charge in [-0.1, -0.05) is 12.1 Å². The summed E-state index contributed by atoms with van der Waals surface area (Å²) in [5.74, 6) is -1.11. The third kappa shape index (κ3) is 2.60. The molecule has 0 saturated carbocycles. The summed E-state index contributed by atoms with van der Waals surface area (Å²) in [6.07, 6.45) is -0.760. The molecular weight excluding hydrogens is 314 g/mol. The summed E-state index contributed by atoms with van der Waals surface area (Å²) in [6, 6.07) is 9.43. The van der Waals surface area contributed by atoms with E-state index in [-0.39, 0.29) is 11.1 Å². The summed E-state index contributed by atoms with van der Waals surface area (Å²) in [7, 11) is 2.92. The third-order valence-electron chi connectivity index (χ3n) is 3.69. The third-order valence-corrected chi connectivity index (χ3v) is 3.69. The number of carbonyl (C=O) groups is 2. The minimum Gasteiger partial charge on any atom is -0.545 e. The van der Waals surface area contributed by atoms with Gasteiger partial charge in [-0.2, -0.15) is 0 Å². The maximum atomic E-state index is 12.2. The Hall–Kier alpha value is -3.22. The Bertz CT molecular complexity index is 817. The van der Waals surface area contributed by atoms with Crippen molar-refractivity contribution in [3.63, 3.8) is 0 Å². The first-order valence-electron chi connectivity index (χ1n) is 7.09. The van der Waals surface area contributed by atoms with Crippen molar-refractivity contribution in [1.82, 2.24) is 0 Å². The van der Waals surface area contributed by atoms with Gasteiger partial charge in [0, 0.05) is 11.3 Å². The van der Waals surface area contributed by atoms with Crippen molar-refractivity contribution in [3.05, 3.63) is 53.1 Å². The molecule has 0 spiro atoms. The molecule has 0 unspecified atom stereocenters. The standard InChI is InChI=1S/C17H15NO6/c1-22-12-7-6-11-13(14(12)23-2)17(21)24-15(11)18-10-5-3-4-9(8-10)16(19)20/h3-8,15,18H,1-2H3,(H,19,20)/p-1/t15-/m0/s1. The number of nitrogens with one attached hydrogen (secondary N) is 1. The van der Waals surface area contributed by atoms with Crippen molar-refractivity contribution in [2.75, 3.05) is 19.5 Å². The molecule has 7 nitrogen and oxygen atoms in total. The summed E-state index contributed by atoms with van der Waals surface area (Å²) >= 11 is 0. The van der Waals surface area contributed by atoms with E-state index in [4.69, 9.17) is 14.2 Å². The van der Waals surface area contributed by atoms with Gasteiger partial charge in [0.1, 0.15) is 5.56 Å². The van der Waals surface area contributed by atoms with Crippen LogP contribution in [0.2, 0.25) is 0 Å². The minimum absolute atomic E-state index is 0.0249. The quantitative estimate of drug-likeness (QED) is 0.827. The van der Waals surface area contributed by atoms with Crippen molar-refractivity contribution >= 4 is 17.6 Å². The van der Waals surface area contributed by atoms with Crippen molar-refractivity contribution in [3.8, 4) is 11.5 Å². The van der Waals surface area contributed by atoms with E-state index in [2.05, 4.69) is 5.32 Å². The lowest BCUT2D eigenvalue weighted by Gasteiger charge is -2.16. The van der Waals surface area contributed by atoms with E-state index < -0.39 is 18.2 Å². The number of carboxylic acid groups (broad SMARTS) is 1. The Morgan fingerprint density at radius 2 is 2.00 bits per heavy atom. The van der Waals surface area contributed by atoms with Gasteiger partial charge in [0.15, 0.2) is 11.5 Å². The van der Waals surface area contributed by atoms with Gasteiger partial charge in [-0.05, 0) is 29.8 Å². The second-order valence-corrected chi connectivity index (χ2v) is 5.06. The molecule has 7 heteroatoms. The summed E-state index contributed by atoms with van der Waals surface area (Å²) < 4.78 is 15.8. The van der Waals surface area contributed by atoms with Crippen molar-refractivity contribution in [2.45, 2.75) is 6.23 Å². The number of cyclic esters (lactones) is 1. The smallest absolute Gasteiger partial charge is 0.344 e. The highest BCUT2D eigenvalue weighted by Gasteiger charge is 2.35. The second-order valence-electron chi connectivity index (χ2n) is 5.06. The average Bonchev–Trinajstić information content (AvgIpc) is 2.90. The van der Waals surface area contributed by atoms with Gasteiger partial charge in [0.05, 0.1) is 20.2 Å². The van der Waals surface area contributed by atoms with Gasteiger partial charge in [-0.3, -0.25) is 0 Å². The van der Waals surface area contributed by atoms with E-state index in [0.29, 0.717) is 22.7 Å². The number of ether oxygens (including phenoxy) is 3. The molecular formula is C17H14NO6-. The molecule has 1 heterocycles. The molecule has 0 radical (unpaired) electrons. The Kier molecular flexibility index (Phi) is 3.99. The predicted octanol–water partition coefficient (Wildman–Crippen LogP) is 1.35. The Morgan fingerprint density at radius 1 is 1.21 bits per heavy atom. The molecule has 1 N–H and O–H groups in total. The number of hydrogen-bond acceptors (Lipinski definition) is 7. The maximum absolute atomic E-state index is 12.2. The van der Waals surface area contributed by atoms with Crippen molar-refractivity contribution in [2.24, 2.45) is 0 Å². The summed E-state index contributed by atoms with van der Waals surface area (Å²) in [5.41, 5.74) is 1.37. The molecule has 2 aromatic rings. The summed E-state index contributed by atoms with van der Waals surface area (Å²) in [5, 5.41) is 13.9. The first-order chi connectivity index (χ1) is 11.5. The number of esters is 1. The molecule has 0 fully saturated rings. The number of rotatable bonds is 5. The first kappa shape index (κ1) is 15.7. The molecule has 124 valence electrons. The Balaban J connectivity index is 1.95. The monoisotopic (exact) mass is 328 g/mol. The van der Waals surface area contributed by atoms with Crippen LogP contribution in [0.1, 0.15) is 32.5 Å². The lowest BCUT2D eigenvalue weighted by Crippen LogP contribution is -2.22. The van der Waals surface area contributed by atoms with E-state index in [9.17, 15) is 14.7 Å². The van der Waals surface area contributed by atoms with Crippen LogP contribution in [0, 0.1) is 0 Å². The molecule has 0 aliphatic carbocycles. The predicted molar refractivity (Wildman–Crippen MR) is 82.1 cm³/mol. The van der Waals surface area contributed by atoms with Gasteiger partial charge < -0.3 is 29.4 Å². The zero-order valence-electron chi connectivity index (χ0n) is 13.0. The molecule has 0 bridgehead atoms. The van der Waals surface area contributed by atoms with Gasteiger partial charge in [0.2, 0.25) is 6.23 Å². The molecule has 1 aliphatic heterocycles. The zero-order valence-corrected chi connectivity index (χ0v) is 13.0. The number of methoxy groups -OCH3 is 2. The van der Waals surface area contributed by atoms with Crippen LogP contribution >= 0.6 is 0 Å². The molecule has 24 heavy (non-hydrogen) atoms. The van der Waals surface area contributed by atoms with Gasteiger partial charge in [-0.25, -0.2) is 4.79 Å². The van der Waals surface area contributed by atoms with E-state index >= 15 is 0 Å². The Labute approximate surface area is 137 Å². The normalized spacial score (nSPS) is 15.4. The first-order valence-corrected chi connectivity index (χ1v) is 7.09. The highest BCUT2D eigenvalue weighted by Crippen LogP contribution is 2.42. The number of aromatic carboxylic acids is 1. The molecule has 0 aromatic heterocycles. The fourth-order valence-corrected chi connectivity index (χ4v) is 2.60. The minimum atomic E-state index is -1.28.